The number of aryl methyl sites for hydroxylation is 1. The zero-order valence-electron chi connectivity index (χ0n) is 12.1. The fraction of sp³-hybridized carbons (Fsp3) is 0.562. The highest BCUT2D eigenvalue weighted by atomic mass is 16.5. The number of fused-ring (bicyclic) bond motifs is 1. The summed E-state index contributed by atoms with van der Waals surface area (Å²) in [5.74, 6) is 0.967. The summed E-state index contributed by atoms with van der Waals surface area (Å²) in [6.45, 7) is 4.74. The third kappa shape index (κ3) is 2.66. The van der Waals surface area contributed by atoms with E-state index >= 15 is 0 Å². The van der Waals surface area contributed by atoms with Crippen molar-refractivity contribution in [2.24, 2.45) is 5.92 Å². The molecule has 0 saturated carbocycles. The fourth-order valence-corrected chi connectivity index (χ4v) is 3.20. The van der Waals surface area contributed by atoms with Crippen LogP contribution in [0.2, 0.25) is 0 Å². The van der Waals surface area contributed by atoms with Crippen molar-refractivity contribution >= 4 is 5.97 Å². The van der Waals surface area contributed by atoms with Crippen LogP contribution in [-0.4, -0.2) is 43.7 Å². The number of ether oxygens (including phenoxy) is 2. The normalized spacial score (nSPS) is 25.3. The highest BCUT2D eigenvalue weighted by molar-refractivity contribution is 5.72. The van der Waals surface area contributed by atoms with Gasteiger partial charge in [0.2, 0.25) is 0 Å². The molecule has 3 rings (SSSR count). The number of methoxy groups -OCH3 is 1. The Kier molecular flexibility index (Phi) is 3.66. The first kappa shape index (κ1) is 13.4. The summed E-state index contributed by atoms with van der Waals surface area (Å²) in [5.41, 5.74) is 2.58. The molecule has 0 amide bonds. The van der Waals surface area contributed by atoms with E-state index in [-0.39, 0.29) is 18.0 Å². The van der Waals surface area contributed by atoms with Gasteiger partial charge in [-0.05, 0) is 31.5 Å². The van der Waals surface area contributed by atoms with Gasteiger partial charge in [0.05, 0.1) is 13.0 Å². The fourth-order valence-electron chi connectivity index (χ4n) is 3.20. The quantitative estimate of drug-likeness (QED) is 0.788. The molecule has 0 N–H and O–H groups in total. The maximum Gasteiger partial charge on any atom is 0.310 e. The van der Waals surface area contributed by atoms with Crippen molar-refractivity contribution in [3.05, 3.63) is 29.3 Å². The predicted molar refractivity (Wildman–Crippen MR) is 75.9 cm³/mol. The molecule has 0 bridgehead atoms. The van der Waals surface area contributed by atoms with E-state index in [0.717, 1.165) is 38.2 Å². The Bertz CT molecular complexity index is 514. The zero-order valence-corrected chi connectivity index (χ0v) is 12.1. The molecule has 2 aliphatic rings. The number of carbonyl (C=O) groups excluding carboxylic acids is 1. The molecule has 0 radical (unpaired) electrons. The Morgan fingerprint density at radius 2 is 2.35 bits per heavy atom. The number of rotatable bonds is 3. The van der Waals surface area contributed by atoms with Crippen molar-refractivity contribution in [3.63, 3.8) is 0 Å². The van der Waals surface area contributed by atoms with Gasteiger partial charge in [0.25, 0.3) is 0 Å². The molecule has 4 nitrogen and oxygen atoms in total. The number of benzene rings is 1. The Hall–Kier alpha value is -1.55. The second-order valence-corrected chi connectivity index (χ2v) is 5.82. The van der Waals surface area contributed by atoms with Gasteiger partial charge in [-0.3, -0.25) is 9.69 Å². The Morgan fingerprint density at radius 1 is 1.50 bits per heavy atom. The first-order valence-electron chi connectivity index (χ1n) is 7.22. The number of carbonyl (C=O) groups is 1. The first-order valence-corrected chi connectivity index (χ1v) is 7.22. The molecule has 0 aromatic heterocycles. The van der Waals surface area contributed by atoms with Crippen LogP contribution in [-0.2, 0) is 16.0 Å². The van der Waals surface area contributed by atoms with E-state index in [9.17, 15) is 4.79 Å². The van der Waals surface area contributed by atoms with Crippen LogP contribution >= 0.6 is 0 Å². The van der Waals surface area contributed by atoms with E-state index in [2.05, 4.69) is 30.0 Å². The van der Waals surface area contributed by atoms with Crippen LogP contribution in [0.3, 0.4) is 0 Å². The standard InChI is InChI=1S/C16H21NO3/c1-11-3-4-15-13(7-11)8-14(20-15)10-17-6-5-12(9-17)16(18)19-2/h3-4,7,12,14H,5-6,8-10H2,1-2H3. The van der Waals surface area contributed by atoms with Crippen molar-refractivity contribution in [1.29, 1.82) is 0 Å². The largest absolute Gasteiger partial charge is 0.488 e. The summed E-state index contributed by atoms with van der Waals surface area (Å²) >= 11 is 0. The minimum atomic E-state index is -0.0845. The SMILES string of the molecule is COC(=O)C1CCN(CC2Cc3cc(C)ccc3O2)C1. The number of likely N-dealkylation sites (tertiary alicyclic amines) is 1. The molecule has 2 unspecified atom stereocenters. The highest BCUT2D eigenvalue weighted by Crippen LogP contribution is 2.30. The molecule has 108 valence electrons. The number of esters is 1. The van der Waals surface area contributed by atoms with E-state index in [1.165, 1.54) is 18.2 Å². The average Bonchev–Trinajstić information content (AvgIpc) is 3.04. The number of hydrogen-bond acceptors (Lipinski definition) is 4. The van der Waals surface area contributed by atoms with E-state index in [1.54, 1.807) is 0 Å². The summed E-state index contributed by atoms with van der Waals surface area (Å²) < 4.78 is 10.8. The molecule has 1 fully saturated rings. The number of nitrogens with zero attached hydrogens (tertiary/aromatic N) is 1. The molecular weight excluding hydrogens is 254 g/mol. The first-order chi connectivity index (χ1) is 9.65. The zero-order chi connectivity index (χ0) is 14.1. The number of hydrogen-bond donors (Lipinski definition) is 0. The van der Waals surface area contributed by atoms with Crippen molar-refractivity contribution in [3.8, 4) is 5.75 Å². The van der Waals surface area contributed by atoms with Gasteiger partial charge in [-0.25, -0.2) is 0 Å². The third-order valence-corrected chi connectivity index (χ3v) is 4.23. The summed E-state index contributed by atoms with van der Waals surface area (Å²) in [6, 6.07) is 6.35. The lowest BCUT2D eigenvalue weighted by atomic mass is 10.1. The minimum Gasteiger partial charge on any atom is -0.488 e. The second kappa shape index (κ2) is 5.44. The Balaban J connectivity index is 1.55. The lowest BCUT2D eigenvalue weighted by Gasteiger charge is -2.19. The van der Waals surface area contributed by atoms with Crippen LogP contribution in [0.4, 0.5) is 0 Å². The smallest absolute Gasteiger partial charge is 0.310 e. The monoisotopic (exact) mass is 275 g/mol. The van der Waals surface area contributed by atoms with Crippen molar-refractivity contribution in [2.75, 3.05) is 26.7 Å². The van der Waals surface area contributed by atoms with Gasteiger partial charge in [0.15, 0.2) is 0 Å². The molecule has 0 aliphatic carbocycles. The van der Waals surface area contributed by atoms with E-state index < -0.39 is 0 Å². The second-order valence-electron chi connectivity index (χ2n) is 5.82. The maximum absolute atomic E-state index is 11.5. The van der Waals surface area contributed by atoms with Crippen molar-refractivity contribution < 1.29 is 14.3 Å². The van der Waals surface area contributed by atoms with E-state index in [1.807, 2.05) is 0 Å². The van der Waals surface area contributed by atoms with Crippen LogP contribution in [0.15, 0.2) is 18.2 Å². The lowest BCUT2D eigenvalue weighted by Crippen LogP contribution is -2.34. The van der Waals surface area contributed by atoms with E-state index in [0.29, 0.717) is 0 Å². The van der Waals surface area contributed by atoms with Crippen LogP contribution in [0.25, 0.3) is 0 Å². The van der Waals surface area contributed by atoms with Crippen LogP contribution < -0.4 is 4.74 Å². The molecular formula is C16H21NO3. The lowest BCUT2D eigenvalue weighted by molar-refractivity contribution is -0.144. The van der Waals surface area contributed by atoms with Gasteiger partial charge in [-0.15, -0.1) is 0 Å². The van der Waals surface area contributed by atoms with Gasteiger partial charge in [-0.1, -0.05) is 17.7 Å². The average molecular weight is 275 g/mol. The molecule has 20 heavy (non-hydrogen) atoms. The van der Waals surface area contributed by atoms with Crippen molar-refractivity contribution in [1.82, 2.24) is 4.90 Å². The van der Waals surface area contributed by atoms with Gasteiger partial charge >= 0.3 is 5.97 Å². The minimum absolute atomic E-state index is 0.0334. The maximum atomic E-state index is 11.5. The topological polar surface area (TPSA) is 38.8 Å². The third-order valence-electron chi connectivity index (χ3n) is 4.23. The van der Waals surface area contributed by atoms with Crippen LogP contribution in [0.1, 0.15) is 17.5 Å². The van der Waals surface area contributed by atoms with Crippen molar-refractivity contribution in [2.45, 2.75) is 25.9 Å². The van der Waals surface area contributed by atoms with Crippen LogP contribution in [0, 0.1) is 12.8 Å². The van der Waals surface area contributed by atoms with Gasteiger partial charge in [0, 0.05) is 19.5 Å². The molecule has 4 heteroatoms. The van der Waals surface area contributed by atoms with E-state index in [4.69, 9.17) is 9.47 Å². The highest BCUT2D eigenvalue weighted by Gasteiger charge is 2.32. The molecule has 1 aromatic carbocycles. The summed E-state index contributed by atoms with van der Waals surface area (Å²) in [5, 5.41) is 0. The van der Waals surface area contributed by atoms with Gasteiger partial charge < -0.3 is 9.47 Å². The Labute approximate surface area is 119 Å². The molecule has 2 aliphatic heterocycles. The van der Waals surface area contributed by atoms with Gasteiger partial charge in [-0.2, -0.15) is 0 Å². The predicted octanol–water partition coefficient (Wildman–Crippen LogP) is 1.79. The van der Waals surface area contributed by atoms with Gasteiger partial charge in [0.1, 0.15) is 11.9 Å². The molecule has 1 aromatic rings. The molecule has 2 atom stereocenters. The van der Waals surface area contributed by atoms with Crippen LogP contribution in [0.5, 0.6) is 5.75 Å². The summed E-state index contributed by atoms with van der Waals surface area (Å²) in [4.78, 5) is 13.8. The molecule has 1 saturated heterocycles. The molecule has 0 spiro atoms. The summed E-state index contributed by atoms with van der Waals surface area (Å²) in [7, 11) is 1.46. The molecule has 2 heterocycles. The Morgan fingerprint density at radius 3 is 3.15 bits per heavy atom. The summed E-state index contributed by atoms with van der Waals surface area (Å²) in [6.07, 6.45) is 2.07.